The predicted octanol–water partition coefficient (Wildman–Crippen LogP) is 6.93. The summed E-state index contributed by atoms with van der Waals surface area (Å²) in [6.45, 7) is 18.9. The first-order valence-corrected chi connectivity index (χ1v) is 11.1. The van der Waals surface area contributed by atoms with Crippen LogP contribution in [0.15, 0.2) is 0 Å². The highest BCUT2D eigenvalue weighted by atomic mass is 28.4. The fraction of sp³-hybridized carbons (Fsp3) is 1.00. The Bertz CT molecular complexity index is 214. The van der Waals surface area contributed by atoms with E-state index in [4.69, 9.17) is 4.43 Å². The summed E-state index contributed by atoms with van der Waals surface area (Å²) in [5.41, 5.74) is 2.11. The molecule has 0 spiro atoms. The molecular weight excluding hydrogens is 260 g/mol. The molecule has 0 fully saturated rings. The molecule has 0 aliphatic carbocycles. The number of unbranched alkanes of at least 4 members (excludes halogenated alkanes) is 2. The molecule has 0 heterocycles. The van der Waals surface area contributed by atoms with Crippen LogP contribution in [0.5, 0.6) is 0 Å². The topological polar surface area (TPSA) is 9.23 Å². The van der Waals surface area contributed by atoms with Gasteiger partial charge in [0.05, 0.1) is 0 Å². The van der Waals surface area contributed by atoms with Gasteiger partial charge in [0.25, 0.3) is 0 Å². The third kappa shape index (κ3) is 5.52. The van der Waals surface area contributed by atoms with Crippen molar-refractivity contribution in [2.24, 2.45) is 0 Å². The first-order chi connectivity index (χ1) is 9.32. The number of hydrogen-bond acceptors (Lipinski definition) is 1. The van der Waals surface area contributed by atoms with Gasteiger partial charge in [-0.25, -0.2) is 0 Å². The molecule has 0 N–H and O–H groups in total. The molecule has 1 nitrogen and oxygen atoms in total. The van der Waals surface area contributed by atoms with E-state index >= 15 is 0 Å². The van der Waals surface area contributed by atoms with Gasteiger partial charge in [0, 0.05) is 6.10 Å². The minimum absolute atomic E-state index is 0.505. The van der Waals surface area contributed by atoms with Gasteiger partial charge in [-0.3, -0.25) is 0 Å². The van der Waals surface area contributed by atoms with Crippen molar-refractivity contribution in [2.45, 2.75) is 117 Å². The summed E-state index contributed by atoms with van der Waals surface area (Å²) in [5, 5.41) is 0. The second kappa shape index (κ2) is 10.00. The van der Waals surface area contributed by atoms with Crippen LogP contribution in [-0.2, 0) is 4.43 Å². The molecule has 2 heteroatoms. The van der Waals surface area contributed by atoms with Crippen molar-refractivity contribution in [1.82, 2.24) is 0 Å². The molecule has 0 amide bonds. The van der Waals surface area contributed by atoms with Crippen LogP contribution in [0, 0.1) is 0 Å². The van der Waals surface area contributed by atoms with E-state index in [2.05, 4.69) is 55.4 Å². The predicted molar refractivity (Wildman–Crippen MR) is 95.0 cm³/mol. The summed E-state index contributed by atoms with van der Waals surface area (Å²) in [4.78, 5) is 0. The fourth-order valence-electron chi connectivity index (χ4n) is 3.90. The quantitative estimate of drug-likeness (QED) is 0.297. The van der Waals surface area contributed by atoms with Gasteiger partial charge in [0.15, 0.2) is 0 Å². The Kier molecular flexibility index (Phi) is 10.1. The Morgan fingerprint density at radius 1 is 0.700 bits per heavy atom. The number of hydrogen-bond donors (Lipinski definition) is 0. The molecule has 0 bridgehead atoms. The Morgan fingerprint density at radius 2 is 1.20 bits per heavy atom. The van der Waals surface area contributed by atoms with Gasteiger partial charge in [0.2, 0.25) is 8.32 Å². The second-order valence-corrected chi connectivity index (χ2v) is 12.7. The van der Waals surface area contributed by atoms with Gasteiger partial charge in [0.1, 0.15) is 0 Å². The Labute approximate surface area is 130 Å². The van der Waals surface area contributed by atoms with Crippen LogP contribution >= 0.6 is 0 Å². The summed E-state index contributed by atoms with van der Waals surface area (Å²) in [5.74, 6) is 0. The van der Waals surface area contributed by atoms with Crippen molar-refractivity contribution < 1.29 is 4.43 Å². The van der Waals surface area contributed by atoms with Gasteiger partial charge < -0.3 is 4.43 Å². The third-order valence-corrected chi connectivity index (χ3v) is 11.0. The average Bonchev–Trinajstić information content (AvgIpc) is 2.34. The summed E-state index contributed by atoms with van der Waals surface area (Å²) in [6.07, 6.45) is 8.25. The molecule has 0 aliphatic heterocycles. The molecule has 122 valence electrons. The van der Waals surface area contributed by atoms with Crippen molar-refractivity contribution in [3.63, 3.8) is 0 Å². The zero-order valence-electron chi connectivity index (χ0n) is 15.5. The van der Waals surface area contributed by atoms with Crippen LogP contribution < -0.4 is 0 Å². The van der Waals surface area contributed by atoms with Crippen LogP contribution in [-0.4, -0.2) is 14.4 Å². The van der Waals surface area contributed by atoms with E-state index in [1.165, 1.54) is 38.5 Å². The van der Waals surface area contributed by atoms with Crippen molar-refractivity contribution in [2.75, 3.05) is 0 Å². The molecule has 20 heavy (non-hydrogen) atoms. The van der Waals surface area contributed by atoms with E-state index in [0.717, 1.165) is 0 Å². The maximum absolute atomic E-state index is 6.95. The molecule has 0 saturated carbocycles. The molecule has 0 aliphatic rings. The minimum atomic E-state index is -1.69. The van der Waals surface area contributed by atoms with Crippen molar-refractivity contribution in [3.05, 3.63) is 0 Å². The van der Waals surface area contributed by atoms with Gasteiger partial charge >= 0.3 is 0 Å². The van der Waals surface area contributed by atoms with E-state index in [0.29, 0.717) is 22.7 Å². The highest BCUT2D eigenvalue weighted by Crippen LogP contribution is 2.43. The second-order valence-electron chi connectivity index (χ2n) is 7.34. The van der Waals surface area contributed by atoms with Crippen LogP contribution in [0.25, 0.3) is 0 Å². The molecule has 0 aromatic heterocycles. The Morgan fingerprint density at radius 3 is 1.55 bits per heavy atom. The first kappa shape index (κ1) is 20.2. The van der Waals surface area contributed by atoms with Gasteiger partial charge in [-0.05, 0) is 29.5 Å². The fourth-order valence-corrected chi connectivity index (χ4v) is 9.53. The zero-order chi connectivity index (χ0) is 15.8. The van der Waals surface area contributed by atoms with Crippen molar-refractivity contribution in [3.8, 4) is 0 Å². The Balaban J connectivity index is 4.96. The lowest BCUT2D eigenvalue weighted by molar-refractivity contribution is 0.150. The van der Waals surface area contributed by atoms with Crippen LogP contribution in [0.2, 0.25) is 16.6 Å². The highest BCUT2D eigenvalue weighted by Gasteiger charge is 2.46. The summed E-state index contributed by atoms with van der Waals surface area (Å²) in [7, 11) is -1.69. The Hall–Kier alpha value is 0.177. The van der Waals surface area contributed by atoms with Gasteiger partial charge in [-0.1, -0.05) is 81.1 Å². The lowest BCUT2D eigenvalue weighted by Gasteiger charge is -2.44. The largest absolute Gasteiger partial charge is 0.413 e. The minimum Gasteiger partial charge on any atom is -0.413 e. The van der Waals surface area contributed by atoms with Crippen LogP contribution in [0.4, 0.5) is 0 Å². The molecule has 1 unspecified atom stereocenters. The third-order valence-electron chi connectivity index (χ3n) is 4.82. The zero-order valence-corrected chi connectivity index (χ0v) is 16.5. The van der Waals surface area contributed by atoms with E-state index in [-0.39, 0.29) is 0 Å². The van der Waals surface area contributed by atoms with E-state index in [1.54, 1.807) is 0 Å². The van der Waals surface area contributed by atoms with Gasteiger partial charge in [-0.2, -0.15) is 0 Å². The van der Waals surface area contributed by atoms with Gasteiger partial charge in [-0.15, -0.1) is 0 Å². The van der Waals surface area contributed by atoms with Crippen molar-refractivity contribution >= 4 is 8.32 Å². The lowest BCUT2D eigenvalue weighted by Crippen LogP contribution is -2.50. The molecule has 0 rings (SSSR count). The maximum Gasteiger partial charge on any atom is 0.200 e. The van der Waals surface area contributed by atoms with Crippen molar-refractivity contribution in [1.29, 1.82) is 0 Å². The smallest absolute Gasteiger partial charge is 0.200 e. The van der Waals surface area contributed by atoms with Crippen LogP contribution in [0.1, 0.15) is 93.9 Å². The summed E-state index contributed by atoms with van der Waals surface area (Å²) in [6, 6.07) is 0. The molecular formula is C18H40OSi. The normalized spacial score (nSPS) is 14.6. The van der Waals surface area contributed by atoms with E-state index < -0.39 is 8.32 Å². The SMILES string of the molecule is CCCCCC(CCC)O[Si](C(C)C)(C(C)C)C(C)C. The summed E-state index contributed by atoms with van der Waals surface area (Å²) >= 11 is 0. The molecule has 0 aromatic carbocycles. The molecule has 0 aromatic rings. The first-order valence-electron chi connectivity index (χ1n) is 9.00. The lowest BCUT2D eigenvalue weighted by atomic mass is 10.1. The molecule has 0 radical (unpaired) electrons. The molecule has 1 atom stereocenters. The monoisotopic (exact) mass is 300 g/mol. The molecule has 0 saturated heterocycles. The highest BCUT2D eigenvalue weighted by molar-refractivity contribution is 6.77. The maximum atomic E-state index is 6.95. The average molecular weight is 301 g/mol. The van der Waals surface area contributed by atoms with Crippen LogP contribution in [0.3, 0.4) is 0 Å². The summed E-state index contributed by atoms with van der Waals surface area (Å²) < 4.78 is 6.95. The van der Waals surface area contributed by atoms with E-state index in [1.807, 2.05) is 0 Å². The number of rotatable bonds is 11. The standard InChI is InChI=1S/C18H40OSi/c1-9-11-12-14-18(13-10-2)19-20(15(3)4,16(5)6)17(7)8/h15-18H,9-14H2,1-8H3. The van der Waals surface area contributed by atoms with E-state index in [9.17, 15) is 0 Å².